The molecule has 0 radical (unpaired) electrons. The van der Waals surface area contributed by atoms with Gasteiger partial charge in [-0.15, -0.1) is 0 Å². The van der Waals surface area contributed by atoms with Crippen LogP contribution in [-0.2, 0) is 42.0 Å². The lowest BCUT2D eigenvalue weighted by molar-refractivity contribution is -0.183. The minimum atomic E-state index is -4.37. The highest BCUT2D eigenvalue weighted by Crippen LogP contribution is 2.53. The number of phosphoric acid groups is 1. The Kier molecular flexibility index (Phi) is 9.23. The number of carbonyl (C=O) groups is 3. The highest BCUT2D eigenvalue weighted by atomic mass is 31.2. The van der Waals surface area contributed by atoms with Crippen LogP contribution in [-0.4, -0.2) is 49.8 Å². The van der Waals surface area contributed by atoms with E-state index in [-0.39, 0.29) is 26.4 Å². The monoisotopic (exact) mass is 354 g/mol. The van der Waals surface area contributed by atoms with Crippen molar-refractivity contribution >= 4 is 25.5 Å². The van der Waals surface area contributed by atoms with Gasteiger partial charge in [-0.1, -0.05) is 0 Å². The van der Waals surface area contributed by atoms with Crippen LogP contribution in [0, 0.1) is 0 Å². The second-order valence-electron chi connectivity index (χ2n) is 4.05. The predicted molar refractivity (Wildman–Crippen MR) is 78.6 cm³/mol. The van der Waals surface area contributed by atoms with Crippen molar-refractivity contribution in [3.05, 3.63) is 0 Å². The molecule has 0 aromatic rings. The molecule has 0 saturated carbocycles. The zero-order valence-corrected chi connectivity index (χ0v) is 14.8. The van der Waals surface area contributed by atoms with Crippen LogP contribution in [0.2, 0.25) is 0 Å². The first-order chi connectivity index (χ1) is 10.7. The van der Waals surface area contributed by atoms with Gasteiger partial charge in [-0.05, 0) is 34.6 Å². The first kappa shape index (κ1) is 21.7. The summed E-state index contributed by atoms with van der Waals surface area (Å²) >= 11 is 0. The molecule has 0 aromatic heterocycles. The molecule has 9 nitrogen and oxygen atoms in total. The fraction of sp³-hybridized carbons (Fsp3) is 0.769. The molecule has 0 bridgehead atoms. The molecule has 0 aromatic carbocycles. The number of ether oxygens (including phenoxy) is 2. The second kappa shape index (κ2) is 9.77. The molecule has 0 aliphatic carbocycles. The number of phosphoric ester groups is 1. The molecule has 23 heavy (non-hydrogen) atoms. The summed E-state index contributed by atoms with van der Waals surface area (Å²) in [6, 6.07) is 0. The van der Waals surface area contributed by atoms with Gasteiger partial charge in [-0.2, -0.15) is 0 Å². The van der Waals surface area contributed by atoms with E-state index in [1.54, 1.807) is 0 Å². The quantitative estimate of drug-likeness (QED) is 0.310. The summed E-state index contributed by atoms with van der Waals surface area (Å²) in [4.78, 5) is 36.4. The Morgan fingerprint density at radius 3 is 1.48 bits per heavy atom. The van der Waals surface area contributed by atoms with Gasteiger partial charge < -0.3 is 9.47 Å². The van der Waals surface area contributed by atoms with Gasteiger partial charge in [0.05, 0.1) is 26.4 Å². The van der Waals surface area contributed by atoms with Crippen molar-refractivity contribution in [3.63, 3.8) is 0 Å². The van der Waals surface area contributed by atoms with Crippen LogP contribution < -0.4 is 0 Å². The first-order valence-electron chi connectivity index (χ1n) is 7.19. The van der Waals surface area contributed by atoms with E-state index in [1.807, 2.05) is 0 Å². The summed E-state index contributed by atoms with van der Waals surface area (Å²) in [6.07, 6.45) is 0. The smallest absolute Gasteiger partial charge is 0.463 e. The highest BCUT2D eigenvalue weighted by Gasteiger charge is 2.60. The number of rotatable bonds is 11. The Labute approximate surface area is 135 Å². The number of carbonyl (C=O) groups excluding carboxylic acids is 3. The summed E-state index contributed by atoms with van der Waals surface area (Å²) in [7, 11) is -4.37. The van der Waals surface area contributed by atoms with E-state index in [9.17, 15) is 18.9 Å². The van der Waals surface area contributed by atoms with Crippen LogP contribution in [0.15, 0.2) is 0 Å². The summed E-state index contributed by atoms with van der Waals surface area (Å²) in [5.41, 5.74) is -2.87. The van der Waals surface area contributed by atoms with Gasteiger partial charge in [0.2, 0.25) is 0 Å². The van der Waals surface area contributed by atoms with Crippen molar-refractivity contribution in [1.29, 1.82) is 0 Å². The lowest BCUT2D eigenvalue weighted by Gasteiger charge is -2.29. The molecular formula is C13H23O9P. The Hall–Kier alpha value is -1.28. The van der Waals surface area contributed by atoms with Crippen molar-refractivity contribution < 1.29 is 42.0 Å². The molecule has 0 rings (SSSR count). The van der Waals surface area contributed by atoms with Crippen molar-refractivity contribution in [3.8, 4) is 0 Å². The fourth-order valence-corrected chi connectivity index (χ4v) is 2.97. The fourth-order valence-electron chi connectivity index (χ4n) is 1.55. The van der Waals surface area contributed by atoms with Gasteiger partial charge in [0.15, 0.2) is 5.78 Å². The third kappa shape index (κ3) is 5.39. The van der Waals surface area contributed by atoms with Crippen LogP contribution in [0.1, 0.15) is 34.6 Å². The molecule has 0 aliphatic rings. The van der Waals surface area contributed by atoms with Crippen molar-refractivity contribution in [2.24, 2.45) is 0 Å². The topological polar surface area (TPSA) is 114 Å². The normalized spacial score (nSPS) is 11.9. The van der Waals surface area contributed by atoms with Crippen molar-refractivity contribution in [2.45, 2.75) is 40.2 Å². The third-order valence-corrected chi connectivity index (χ3v) is 4.09. The first-order valence-corrected chi connectivity index (χ1v) is 8.65. The Bertz CT molecular complexity index is 446. The lowest BCUT2D eigenvalue weighted by atomic mass is 10.00. The van der Waals surface area contributed by atoms with Crippen LogP contribution in [0.3, 0.4) is 0 Å². The maximum atomic E-state index is 12.5. The Morgan fingerprint density at radius 2 is 1.22 bits per heavy atom. The highest BCUT2D eigenvalue weighted by molar-refractivity contribution is 7.48. The van der Waals surface area contributed by atoms with E-state index in [0.29, 0.717) is 0 Å². The van der Waals surface area contributed by atoms with Gasteiger partial charge in [0.25, 0.3) is 0 Å². The Balaban J connectivity index is 5.98. The Morgan fingerprint density at radius 1 is 0.826 bits per heavy atom. The largest absolute Gasteiger partial charge is 0.476 e. The number of hydrogen-bond donors (Lipinski definition) is 0. The average Bonchev–Trinajstić information content (AvgIpc) is 2.45. The summed E-state index contributed by atoms with van der Waals surface area (Å²) in [5, 5.41) is 0. The third-order valence-electron chi connectivity index (χ3n) is 2.44. The number of esters is 2. The van der Waals surface area contributed by atoms with Gasteiger partial charge in [0.1, 0.15) is 0 Å². The van der Waals surface area contributed by atoms with Gasteiger partial charge >= 0.3 is 25.4 Å². The minimum absolute atomic E-state index is 0.100. The minimum Gasteiger partial charge on any atom is -0.463 e. The van der Waals surface area contributed by atoms with Crippen LogP contribution in [0.25, 0.3) is 0 Å². The van der Waals surface area contributed by atoms with Crippen molar-refractivity contribution in [1.82, 2.24) is 0 Å². The molecule has 0 fully saturated rings. The summed E-state index contributed by atoms with van der Waals surface area (Å²) in [5.74, 6) is -3.75. The van der Waals surface area contributed by atoms with Crippen LogP contribution >= 0.6 is 7.82 Å². The van der Waals surface area contributed by atoms with Crippen LogP contribution in [0.5, 0.6) is 0 Å². The standard InChI is InChI=1S/C13H23O9P/c1-6-18-11(15)13(10(5)14,12(16)19-7-2)22-23(17,20-8-3)21-9-4/h6-9H2,1-5H3. The van der Waals surface area contributed by atoms with E-state index in [1.165, 1.54) is 27.7 Å². The lowest BCUT2D eigenvalue weighted by Crippen LogP contribution is -2.56. The van der Waals surface area contributed by atoms with Crippen LogP contribution in [0.4, 0.5) is 0 Å². The molecule has 0 atom stereocenters. The maximum Gasteiger partial charge on any atom is 0.476 e. The SMILES string of the molecule is CCOC(=O)C(OP(=O)(OCC)OCC)(C(C)=O)C(=O)OCC. The van der Waals surface area contributed by atoms with E-state index in [2.05, 4.69) is 0 Å². The molecule has 134 valence electrons. The molecule has 0 aliphatic heterocycles. The molecule has 0 N–H and O–H groups in total. The predicted octanol–water partition coefficient (Wildman–Crippen LogP) is 1.64. The van der Waals surface area contributed by atoms with Gasteiger partial charge in [0, 0.05) is 0 Å². The van der Waals surface area contributed by atoms with E-state index < -0.39 is 31.1 Å². The molecule has 0 heterocycles. The zero-order chi connectivity index (χ0) is 18.1. The maximum absolute atomic E-state index is 12.5. The number of Topliss-reactive ketones (excluding diaryl/α,β-unsaturated/α-hetero) is 1. The van der Waals surface area contributed by atoms with E-state index >= 15 is 0 Å². The number of hydrogen-bond acceptors (Lipinski definition) is 9. The molecule has 0 saturated heterocycles. The molecule has 0 spiro atoms. The van der Waals surface area contributed by atoms with Gasteiger partial charge in [-0.25, -0.2) is 18.7 Å². The summed E-state index contributed by atoms with van der Waals surface area (Å²) < 4.78 is 36.7. The molecule has 0 unspecified atom stereocenters. The number of ketones is 1. The summed E-state index contributed by atoms with van der Waals surface area (Å²) in [6.45, 7) is 6.38. The second-order valence-corrected chi connectivity index (χ2v) is 5.65. The van der Waals surface area contributed by atoms with E-state index in [0.717, 1.165) is 6.92 Å². The molecule has 0 amide bonds. The molecule has 10 heteroatoms. The van der Waals surface area contributed by atoms with Crippen molar-refractivity contribution in [2.75, 3.05) is 26.4 Å². The average molecular weight is 354 g/mol. The zero-order valence-electron chi connectivity index (χ0n) is 13.9. The molecular weight excluding hydrogens is 331 g/mol. The van der Waals surface area contributed by atoms with E-state index in [4.69, 9.17) is 23.0 Å². The van der Waals surface area contributed by atoms with Gasteiger partial charge in [-0.3, -0.25) is 13.8 Å².